The molecule has 136 valence electrons. The third-order valence-corrected chi connectivity index (χ3v) is 5.51. The second kappa shape index (κ2) is 8.45. The van der Waals surface area contributed by atoms with Crippen LogP contribution in [0.15, 0.2) is 53.4 Å². The van der Waals surface area contributed by atoms with Crippen LogP contribution in [0.5, 0.6) is 0 Å². The Kier molecular flexibility index (Phi) is 6.04. The number of halogens is 2. The molecule has 6 heteroatoms. The van der Waals surface area contributed by atoms with Gasteiger partial charge in [0.1, 0.15) is 11.6 Å². The van der Waals surface area contributed by atoms with Crippen molar-refractivity contribution in [1.82, 2.24) is 4.90 Å². The lowest BCUT2D eigenvalue weighted by molar-refractivity contribution is -0.129. The number of hydrogen-bond donors (Lipinski definition) is 0. The molecule has 0 atom stereocenters. The standard InChI is InChI=1S/C20H19F2NO2S/c21-15-6-7-18(22)17(12-15)20(25)14-8-10-23(11-9-14)19(24)13-26-16-4-2-1-3-5-16/h1-7,12,14H,8-11,13H2. The van der Waals surface area contributed by atoms with Gasteiger partial charge < -0.3 is 4.90 Å². The van der Waals surface area contributed by atoms with E-state index in [0.29, 0.717) is 31.7 Å². The van der Waals surface area contributed by atoms with Crippen LogP contribution in [0.25, 0.3) is 0 Å². The van der Waals surface area contributed by atoms with Crippen LogP contribution in [0, 0.1) is 17.6 Å². The van der Waals surface area contributed by atoms with Crippen LogP contribution >= 0.6 is 11.8 Å². The Hall–Kier alpha value is -2.21. The monoisotopic (exact) mass is 375 g/mol. The lowest BCUT2D eigenvalue weighted by atomic mass is 9.88. The number of amides is 1. The average Bonchev–Trinajstić information content (AvgIpc) is 2.68. The Labute approximate surface area is 155 Å². The predicted octanol–water partition coefficient (Wildman–Crippen LogP) is 4.18. The van der Waals surface area contributed by atoms with Crippen LogP contribution in [-0.4, -0.2) is 35.4 Å². The summed E-state index contributed by atoms with van der Waals surface area (Å²) in [5.41, 5.74) is -0.200. The van der Waals surface area contributed by atoms with Crippen LogP contribution in [0.4, 0.5) is 8.78 Å². The zero-order chi connectivity index (χ0) is 18.5. The van der Waals surface area contributed by atoms with Gasteiger partial charge in [-0.15, -0.1) is 11.8 Å². The molecule has 0 aliphatic carbocycles. The van der Waals surface area contributed by atoms with Crippen LogP contribution in [0.1, 0.15) is 23.2 Å². The number of benzene rings is 2. The van der Waals surface area contributed by atoms with Crippen molar-refractivity contribution in [2.24, 2.45) is 5.92 Å². The number of nitrogens with zero attached hydrogens (tertiary/aromatic N) is 1. The first-order chi connectivity index (χ1) is 12.5. The Morgan fingerprint density at radius 3 is 2.42 bits per heavy atom. The molecule has 26 heavy (non-hydrogen) atoms. The molecule has 3 rings (SSSR count). The number of rotatable bonds is 5. The van der Waals surface area contributed by atoms with Gasteiger partial charge in [0, 0.05) is 23.9 Å². The van der Waals surface area contributed by atoms with Gasteiger partial charge in [0.05, 0.1) is 11.3 Å². The molecule has 2 aromatic rings. The van der Waals surface area contributed by atoms with Crippen LogP contribution in [0.2, 0.25) is 0 Å². The molecular formula is C20H19F2NO2S. The molecule has 1 fully saturated rings. The summed E-state index contributed by atoms with van der Waals surface area (Å²) in [7, 11) is 0. The van der Waals surface area contributed by atoms with E-state index >= 15 is 0 Å². The maximum absolute atomic E-state index is 13.8. The second-order valence-electron chi connectivity index (χ2n) is 6.25. The third kappa shape index (κ3) is 4.49. The van der Waals surface area contributed by atoms with Gasteiger partial charge in [-0.2, -0.15) is 0 Å². The molecule has 0 N–H and O–H groups in total. The summed E-state index contributed by atoms with van der Waals surface area (Å²) >= 11 is 1.48. The van der Waals surface area contributed by atoms with Gasteiger partial charge in [-0.1, -0.05) is 18.2 Å². The van der Waals surface area contributed by atoms with E-state index in [4.69, 9.17) is 0 Å². The minimum absolute atomic E-state index is 0.0293. The molecule has 0 aromatic heterocycles. The van der Waals surface area contributed by atoms with Gasteiger partial charge in [-0.05, 0) is 43.2 Å². The largest absolute Gasteiger partial charge is 0.342 e. The molecule has 0 saturated carbocycles. The number of carbonyl (C=O) groups is 2. The van der Waals surface area contributed by atoms with Gasteiger partial charge in [0.25, 0.3) is 0 Å². The van der Waals surface area contributed by atoms with E-state index in [1.807, 2.05) is 30.3 Å². The van der Waals surface area contributed by atoms with Gasteiger partial charge in [-0.3, -0.25) is 9.59 Å². The van der Waals surface area contributed by atoms with Gasteiger partial charge >= 0.3 is 0 Å². The minimum Gasteiger partial charge on any atom is -0.342 e. The minimum atomic E-state index is -0.700. The molecule has 1 amide bonds. The summed E-state index contributed by atoms with van der Waals surface area (Å²) in [5.74, 6) is -1.71. The van der Waals surface area contributed by atoms with E-state index < -0.39 is 11.6 Å². The summed E-state index contributed by atoms with van der Waals surface area (Å²) in [5, 5.41) is 0. The summed E-state index contributed by atoms with van der Waals surface area (Å²) < 4.78 is 27.1. The van der Waals surface area contributed by atoms with Crippen molar-refractivity contribution in [2.75, 3.05) is 18.8 Å². The molecule has 0 bridgehead atoms. The molecule has 1 aliphatic rings. The van der Waals surface area contributed by atoms with Gasteiger partial charge in [0.15, 0.2) is 5.78 Å². The first kappa shape index (κ1) is 18.6. The molecule has 1 saturated heterocycles. The van der Waals surface area contributed by atoms with E-state index in [9.17, 15) is 18.4 Å². The number of piperidine rings is 1. The zero-order valence-electron chi connectivity index (χ0n) is 14.2. The summed E-state index contributed by atoms with van der Waals surface area (Å²) in [6.07, 6.45) is 0.938. The predicted molar refractivity (Wildman–Crippen MR) is 97.2 cm³/mol. The fourth-order valence-corrected chi connectivity index (χ4v) is 3.87. The van der Waals surface area contributed by atoms with E-state index in [-0.39, 0.29) is 23.2 Å². The molecule has 0 unspecified atom stereocenters. The molecule has 0 spiro atoms. The number of carbonyl (C=O) groups excluding carboxylic acids is 2. The molecule has 1 aliphatic heterocycles. The Balaban J connectivity index is 1.53. The van der Waals surface area contributed by atoms with E-state index in [0.717, 1.165) is 23.1 Å². The first-order valence-corrected chi connectivity index (χ1v) is 9.48. The number of ketones is 1. The normalized spacial score (nSPS) is 15.1. The molecule has 0 radical (unpaired) electrons. The smallest absolute Gasteiger partial charge is 0.232 e. The fraction of sp³-hybridized carbons (Fsp3) is 0.300. The summed E-state index contributed by atoms with van der Waals surface area (Å²) in [4.78, 5) is 27.5. The SMILES string of the molecule is O=C(c1cc(F)ccc1F)C1CCN(C(=O)CSc2ccccc2)CC1. The van der Waals surface area contributed by atoms with Gasteiger partial charge in [-0.25, -0.2) is 8.78 Å². The molecular weight excluding hydrogens is 356 g/mol. The highest BCUT2D eigenvalue weighted by molar-refractivity contribution is 8.00. The number of hydrogen-bond acceptors (Lipinski definition) is 3. The van der Waals surface area contributed by atoms with Crippen molar-refractivity contribution >= 4 is 23.5 Å². The molecule has 3 nitrogen and oxygen atoms in total. The highest BCUT2D eigenvalue weighted by Crippen LogP contribution is 2.25. The highest BCUT2D eigenvalue weighted by atomic mass is 32.2. The maximum atomic E-state index is 13.8. The van der Waals surface area contributed by atoms with E-state index in [2.05, 4.69) is 0 Å². The third-order valence-electron chi connectivity index (χ3n) is 4.52. The van der Waals surface area contributed by atoms with Crippen LogP contribution in [-0.2, 0) is 4.79 Å². The number of Topliss-reactive ketones (excluding diaryl/α,β-unsaturated/α-hetero) is 1. The summed E-state index contributed by atoms with van der Waals surface area (Å²) in [6.45, 7) is 0.920. The summed E-state index contributed by atoms with van der Waals surface area (Å²) in [6, 6.07) is 12.6. The van der Waals surface area contributed by atoms with Crippen molar-refractivity contribution in [3.05, 3.63) is 65.7 Å². The molecule has 1 heterocycles. The Bertz CT molecular complexity index is 790. The fourth-order valence-electron chi connectivity index (χ4n) is 3.05. The van der Waals surface area contributed by atoms with Gasteiger partial charge in [0.2, 0.25) is 5.91 Å². The van der Waals surface area contributed by atoms with Crippen LogP contribution < -0.4 is 0 Å². The lowest BCUT2D eigenvalue weighted by Gasteiger charge is -2.31. The molecule has 2 aromatic carbocycles. The van der Waals surface area contributed by atoms with E-state index in [1.165, 1.54) is 11.8 Å². The van der Waals surface area contributed by atoms with Crippen molar-refractivity contribution < 1.29 is 18.4 Å². The van der Waals surface area contributed by atoms with Crippen molar-refractivity contribution in [3.63, 3.8) is 0 Å². The second-order valence-corrected chi connectivity index (χ2v) is 7.29. The van der Waals surface area contributed by atoms with Crippen molar-refractivity contribution in [2.45, 2.75) is 17.7 Å². The highest BCUT2D eigenvalue weighted by Gasteiger charge is 2.29. The first-order valence-electron chi connectivity index (χ1n) is 8.49. The Morgan fingerprint density at radius 1 is 1.04 bits per heavy atom. The topological polar surface area (TPSA) is 37.4 Å². The van der Waals surface area contributed by atoms with Crippen LogP contribution in [0.3, 0.4) is 0 Å². The maximum Gasteiger partial charge on any atom is 0.232 e. The van der Waals surface area contributed by atoms with Crippen molar-refractivity contribution in [3.8, 4) is 0 Å². The Morgan fingerprint density at radius 2 is 1.73 bits per heavy atom. The zero-order valence-corrected chi connectivity index (χ0v) is 15.0. The quantitative estimate of drug-likeness (QED) is 0.581. The lowest BCUT2D eigenvalue weighted by Crippen LogP contribution is -2.41. The number of thioether (sulfide) groups is 1. The van der Waals surface area contributed by atoms with Crippen molar-refractivity contribution in [1.29, 1.82) is 0 Å². The van der Waals surface area contributed by atoms with E-state index in [1.54, 1.807) is 4.90 Å². The average molecular weight is 375 g/mol. The number of likely N-dealkylation sites (tertiary alicyclic amines) is 1.